The quantitative estimate of drug-likeness (QED) is 0.594. The van der Waals surface area contributed by atoms with Crippen LogP contribution in [-0.4, -0.2) is 30.1 Å². The van der Waals surface area contributed by atoms with Crippen molar-refractivity contribution in [1.82, 2.24) is 10.6 Å². The lowest BCUT2D eigenvalue weighted by Gasteiger charge is -2.37. The highest BCUT2D eigenvalue weighted by molar-refractivity contribution is 5.86. The highest BCUT2D eigenvalue weighted by Gasteiger charge is 2.58. The maximum atomic E-state index is 14.1. The van der Waals surface area contributed by atoms with Crippen LogP contribution in [0.15, 0.2) is 48.5 Å². The van der Waals surface area contributed by atoms with E-state index in [9.17, 15) is 18.7 Å². The van der Waals surface area contributed by atoms with Crippen LogP contribution < -0.4 is 10.6 Å². The second-order valence-corrected chi connectivity index (χ2v) is 10.0. The van der Waals surface area contributed by atoms with Gasteiger partial charge in [-0.15, -0.1) is 0 Å². The van der Waals surface area contributed by atoms with Crippen LogP contribution >= 0.6 is 0 Å². The van der Waals surface area contributed by atoms with E-state index in [1.807, 2.05) is 30.3 Å². The Balaban J connectivity index is 1.24. The minimum Gasteiger partial charge on any atom is -0.375 e. The zero-order chi connectivity index (χ0) is 23.0. The summed E-state index contributed by atoms with van der Waals surface area (Å²) in [7, 11) is 0. The predicted octanol–water partition coefficient (Wildman–Crippen LogP) is 3.93. The van der Waals surface area contributed by atoms with E-state index in [1.165, 1.54) is 12.1 Å². The van der Waals surface area contributed by atoms with Gasteiger partial charge in [0.05, 0.1) is 0 Å². The van der Waals surface area contributed by atoms with Gasteiger partial charge in [-0.3, -0.25) is 4.79 Å². The molecular weight excluding hydrogens is 422 g/mol. The summed E-state index contributed by atoms with van der Waals surface area (Å²) in [6.45, 7) is 1.35. The number of hydrogen-bond acceptors (Lipinski definition) is 3. The maximum Gasteiger partial charge on any atom is 0.256 e. The van der Waals surface area contributed by atoms with E-state index >= 15 is 0 Å². The Kier molecular flexibility index (Phi) is 6.23. The molecule has 3 aliphatic rings. The number of benzene rings is 2. The fourth-order valence-corrected chi connectivity index (χ4v) is 6.31. The van der Waals surface area contributed by atoms with Crippen molar-refractivity contribution >= 4 is 5.91 Å². The van der Waals surface area contributed by atoms with Gasteiger partial charge in [0, 0.05) is 24.6 Å². The Morgan fingerprint density at radius 2 is 1.85 bits per heavy atom. The molecule has 1 saturated heterocycles. The summed E-state index contributed by atoms with van der Waals surface area (Å²) in [6, 6.07) is 13.2. The minimum atomic E-state index is -1.51. The van der Waals surface area contributed by atoms with Crippen molar-refractivity contribution in [3.63, 3.8) is 0 Å². The van der Waals surface area contributed by atoms with Gasteiger partial charge in [0.25, 0.3) is 5.91 Å². The molecule has 6 heteroatoms. The average Bonchev–Trinajstić information content (AvgIpc) is 3.38. The Bertz CT molecular complexity index is 995. The Labute approximate surface area is 193 Å². The third kappa shape index (κ3) is 4.31. The Morgan fingerprint density at radius 3 is 2.58 bits per heavy atom. The summed E-state index contributed by atoms with van der Waals surface area (Å²) >= 11 is 0. The van der Waals surface area contributed by atoms with Crippen LogP contribution in [0.5, 0.6) is 0 Å². The summed E-state index contributed by atoms with van der Waals surface area (Å²) in [5.41, 5.74) is -0.336. The van der Waals surface area contributed by atoms with Crippen LogP contribution in [0.25, 0.3) is 0 Å². The third-order valence-corrected chi connectivity index (χ3v) is 8.19. The van der Waals surface area contributed by atoms with Crippen LogP contribution in [0.3, 0.4) is 0 Å². The molecule has 176 valence electrons. The molecule has 2 aromatic rings. The molecule has 0 bridgehead atoms. The maximum absolute atomic E-state index is 14.1. The number of fused-ring (bicyclic) bond motifs is 1. The standard InChI is InChI=1S/C27H32F2N2O2/c28-20-12-11-17(23(29)14-20)13-24-25-21(15-30-24)22(25)16-31-26(32)27(33,18-7-3-1-4-8-18)19-9-5-2-6-10-19/h1,3-4,7-8,11-12,14,19,21-22,24-25,30,33H,2,5-6,9-10,13,15-16H2,(H,31,32). The molecule has 1 heterocycles. The fourth-order valence-electron chi connectivity index (χ4n) is 6.31. The number of aliphatic hydroxyl groups is 1. The number of piperidine rings is 1. The van der Waals surface area contributed by atoms with Crippen molar-refractivity contribution in [2.24, 2.45) is 23.7 Å². The molecule has 1 amide bonds. The third-order valence-electron chi connectivity index (χ3n) is 8.19. The van der Waals surface area contributed by atoms with E-state index in [4.69, 9.17) is 0 Å². The van der Waals surface area contributed by atoms with Gasteiger partial charge in [0.15, 0.2) is 5.60 Å². The number of carbonyl (C=O) groups is 1. The zero-order valence-corrected chi connectivity index (χ0v) is 18.8. The normalized spacial score (nSPS) is 28.7. The summed E-state index contributed by atoms with van der Waals surface area (Å²) in [5.74, 6) is -0.346. The molecule has 5 unspecified atom stereocenters. The largest absolute Gasteiger partial charge is 0.375 e. The summed E-state index contributed by atoms with van der Waals surface area (Å²) < 4.78 is 27.3. The first-order chi connectivity index (χ1) is 16.0. The Morgan fingerprint density at radius 1 is 1.09 bits per heavy atom. The lowest BCUT2D eigenvalue weighted by atomic mass is 9.73. The molecule has 0 radical (unpaired) electrons. The Hall–Kier alpha value is -2.31. The fraction of sp³-hybridized carbons (Fsp3) is 0.519. The number of hydrogen-bond donors (Lipinski definition) is 3. The number of nitrogens with one attached hydrogen (secondary N) is 2. The first-order valence-corrected chi connectivity index (χ1v) is 12.2. The van der Waals surface area contributed by atoms with Crippen molar-refractivity contribution in [1.29, 1.82) is 0 Å². The second-order valence-electron chi connectivity index (χ2n) is 10.0. The van der Waals surface area contributed by atoms with Gasteiger partial charge in [-0.05, 0) is 60.8 Å². The van der Waals surface area contributed by atoms with E-state index in [-0.39, 0.29) is 17.9 Å². The monoisotopic (exact) mass is 454 g/mol. The van der Waals surface area contributed by atoms with Gasteiger partial charge >= 0.3 is 0 Å². The van der Waals surface area contributed by atoms with Crippen LogP contribution in [0.1, 0.15) is 43.2 Å². The van der Waals surface area contributed by atoms with E-state index in [2.05, 4.69) is 10.6 Å². The van der Waals surface area contributed by atoms with Crippen LogP contribution in [0, 0.1) is 35.3 Å². The van der Waals surface area contributed by atoms with Gasteiger partial charge in [-0.25, -0.2) is 8.78 Å². The molecule has 33 heavy (non-hydrogen) atoms. The number of amides is 1. The van der Waals surface area contributed by atoms with E-state index in [0.29, 0.717) is 41.8 Å². The number of halogens is 2. The second kappa shape index (κ2) is 9.15. The first kappa shape index (κ1) is 22.5. The summed E-state index contributed by atoms with van der Waals surface area (Å²) in [6.07, 6.45) is 5.43. The van der Waals surface area contributed by atoms with Gasteiger partial charge in [0.1, 0.15) is 11.6 Å². The molecule has 5 rings (SSSR count). The molecular formula is C27H32F2N2O2. The van der Waals surface area contributed by atoms with Crippen molar-refractivity contribution in [3.8, 4) is 0 Å². The number of rotatable bonds is 7. The van der Waals surface area contributed by atoms with E-state index in [1.54, 1.807) is 0 Å². The molecule has 3 fully saturated rings. The predicted molar refractivity (Wildman–Crippen MR) is 122 cm³/mol. The van der Waals surface area contributed by atoms with Crippen LogP contribution in [0.4, 0.5) is 8.78 Å². The van der Waals surface area contributed by atoms with Gasteiger partial charge in [-0.1, -0.05) is 55.7 Å². The van der Waals surface area contributed by atoms with Gasteiger partial charge in [0.2, 0.25) is 0 Å². The van der Waals surface area contributed by atoms with Crippen molar-refractivity contribution in [2.45, 2.75) is 50.2 Å². The first-order valence-electron chi connectivity index (χ1n) is 12.2. The van der Waals surface area contributed by atoms with Crippen LogP contribution in [-0.2, 0) is 16.8 Å². The van der Waals surface area contributed by atoms with Crippen molar-refractivity contribution < 1.29 is 18.7 Å². The highest BCUT2D eigenvalue weighted by Crippen LogP contribution is 2.52. The minimum absolute atomic E-state index is 0.0804. The smallest absolute Gasteiger partial charge is 0.256 e. The van der Waals surface area contributed by atoms with Gasteiger partial charge < -0.3 is 15.7 Å². The van der Waals surface area contributed by atoms with E-state index < -0.39 is 17.2 Å². The SMILES string of the molecule is O=C(NCC1C2CNC(Cc3ccc(F)cc3F)C12)C(O)(c1ccccc1)C1CCCCC1. The molecule has 1 aliphatic heterocycles. The summed E-state index contributed by atoms with van der Waals surface area (Å²) in [5, 5.41) is 18.2. The molecule has 4 nitrogen and oxygen atoms in total. The molecule has 2 aliphatic carbocycles. The lowest BCUT2D eigenvalue weighted by Crippen LogP contribution is -2.51. The van der Waals surface area contributed by atoms with Gasteiger partial charge in [-0.2, -0.15) is 0 Å². The summed E-state index contributed by atoms with van der Waals surface area (Å²) in [4.78, 5) is 13.4. The molecule has 2 saturated carbocycles. The average molecular weight is 455 g/mol. The zero-order valence-electron chi connectivity index (χ0n) is 18.8. The van der Waals surface area contributed by atoms with Crippen LogP contribution in [0.2, 0.25) is 0 Å². The molecule has 5 atom stereocenters. The molecule has 3 N–H and O–H groups in total. The van der Waals surface area contributed by atoms with Crippen molar-refractivity contribution in [2.75, 3.05) is 13.1 Å². The molecule has 0 aromatic heterocycles. The highest BCUT2D eigenvalue weighted by atomic mass is 19.1. The molecule has 2 aromatic carbocycles. The van der Waals surface area contributed by atoms with E-state index in [0.717, 1.165) is 44.7 Å². The van der Waals surface area contributed by atoms with Crippen molar-refractivity contribution in [3.05, 3.63) is 71.3 Å². The lowest BCUT2D eigenvalue weighted by molar-refractivity contribution is -0.149. The molecule has 0 spiro atoms. The number of carbonyl (C=O) groups excluding carboxylic acids is 1. The topological polar surface area (TPSA) is 61.4 Å².